The lowest BCUT2D eigenvalue weighted by Crippen LogP contribution is -2.31. The number of anilines is 1. The first-order valence-electron chi connectivity index (χ1n) is 8.13. The minimum Gasteiger partial charge on any atom is -0.339 e. The quantitative estimate of drug-likeness (QED) is 0.799. The Morgan fingerprint density at radius 2 is 1.88 bits per heavy atom. The van der Waals surface area contributed by atoms with E-state index in [1.54, 1.807) is 30.1 Å². The van der Waals surface area contributed by atoms with Crippen LogP contribution in [0.5, 0.6) is 0 Å². The zero-order valence-electron chi connectivity index (χ0n) is 14.1. The molecule has 1 aromatic heterocycles. The highest BCUT2D eigenvalue weighted by Gasteiger charge is 2.22. The third kappa shape index (κ3) is 3.83. The van der Waals surface area contributed by atoms with Crippen molar-refractivity contribution in [3.05, 3.63) is 61.4 Å². The molecule has 2 aromatic rings. The van der Waals surface area contributed by atoms with Crippen LogP contribution in [0.4, 0.5) is 5.69 Å². The van der Waals surface area contributed by atoms with E-state index in [0.29, 0.717) is 23.1 Å². The fraction of sp³-hybridized carbons (Fsp3) is 0.278. The van der Waals surface area contributed by atoms with Gasteiger partial charge >= 0.3 is 0 Å². The maximum atomic E-state index is 12.6. The predicted molar refractivity (Wildman–Crippen MR) is 104 cm³/mol. The summed E-state index contributed by atoms with van der Waals surface area (Å²) in [6, 6.07) is 6.30. The molecule has 1 N–H and O–H groups in total. The molecule has 0 bridgehead atoms. The molecule has 1 fully saturated rings. The Labute approximate surface area is 163 Å². The number of hydrogen-bond donors (Lipinski definition) is 1. The molecule has 8 heteroatoms. The number of amides is 2. The predicted octanol–water partition coefficient (Wildman–Crippen LogP) is 3.29. The van der Waals surface area contributed by atoms with Gasteiger partial charge in [-0.15, -0.1) is 0 Å². The van der Waals surface area contributed by atoms with Gasteiger partial charge in [-0.05, 0) is 37.1 Å². The average molecular weight is 439 g/mol. The molecule has 1 saturated heterocycles. The first-order valence-corrected chi connectivity index (χ1v) is 9.30. The molecule has 0 spiro atoms. The molecular weight excluding hydrogens is 422 g/mol. The van der Waals surface area contributed by atoms with Crippen LogP contribution in [-0.2, 0) is 7.05 Å². The normalized spacial score (nSPS) is 13.7. The molecule has 2 amide bonds. The number of carbonyl (C=O) groups is 2. The molecule has 0 aliphatic carbocycles. The van der Waals surface area contributed by atoms with Gasteiger partial charge in [-0.3, -0.25) is 14.4 Å². The summed E-state index contributed by atoms with van der Waals surface area (Å²) in [5, 5.41) is 2.84. The first kappa shape index (κ1) is 18.7. The third-order valence-electron chi connectivity index (χ3n) is 4.24. The highest BCUT2D eigenvalue weighted by molar-refractivity contribution is 9.10. The number of carbonyl (C=O) groups excluding carboxylic acids is 2. The number of halogens is 2. The number of aromatic nitrogens is 1. The molecule has 1 aliphatic heterocycles. The molecule has 1 aliphatic rings. The van der Waals surface area contributed by atoms with Gasteiger partial charge in [0.15, 0.2) is 0 Å². The van der Waals surface area contributed by atoms with Crippen LogP contribution in [0.3, 0.4) is 0 Å². The summed E-state index contributed by atoms with van der Waals surface area (Å²) < 4.78 is 1.99. The second-order valence-electron chi connectivity index (χ2n) is 6.14. The highest BCUT2D eigenvalue weighted by atomic mass is 79.9. The van der Waals surface area contributed by atoms with Crippen molar-refractivity contribution < 1.29 is 9.59 Å². The van der Waals surface area contributed by atoms with Gasteiger partial charge in [-0.1, -0.05) is 27.5 Å². The summed E-state index contributed by atoms with van der Waals surface area (Å²) in [6.07, 6.45) is 3.44. The third-order valence-corrected chi connectivity index (χ3v) is 5.07. The van der Waals surface area contributed by atoms with Crippen molar-refractivity contribution in [3.8, 4) is 0 Å². The maximum absolute atomic E-state index is 12.6. The fourth-order valence-electron chi connectivity index (χ4n) is 2.88. The van der Waals surface area contributed by atoms with Crippen LogP contribution in [0.25, 0.3) is 0 Å². The molecule has 2 heterocycles. The smallest absolute Gasteiger partial charge is 0.274 e. The van der Waals surface area contributed by atoms with Crippen molar-refractivity contribution >= 4 is 45.0 Å². The Hall–Kier alpha value is -2.12. The van der Waals surface area contributed by atoms with E-state index >= 15 is 0 Å². The summed E-state index contributed by atoms with van der Waals surface area (Å²) in [7, 11) is 1.55. The van der Waals surface area contributed by atoms with Gasteiger partial charge in [0.2, 0.25) is 0 Å². The van der Waals surface area contributed by atoms with Crippen molar-refractivity contribution in [2.45, 2.75) is 12.8 Å². The first-order chi connectivity index (χ1) is 12.4. The molecule has 0 atom stereocenters. The van der Waals surface area contributed by atoms with Crippen LogP contribution in [0.2, 0.25) is 5.02 Å². The van der Waals surface area contributed by atoms with E-state index in [9.17, 15) is 14.4 Å². The summed E-state index contributed by atoms with van der Waals surface area (Å²) in [5.41, 5.74) is 0.241. The van der Waals surface area contributed by atoms with Crippen molar-refractivity contribution in [3.63, 3.8) is 0 Å². The van der Waals surface area contributed by atoms with E-state index in [1.807, 2.05) is 0 Å². The van der Waals surface area contributed by atoms with E-state index < -0.39 is 11.5 Å². The minimum absolute atomic E-state index is 0.0404. The van der Waals surface area contributed by atoms with Crippen molar-refractivity contribution in [1.29, 1.82) is 0 Å². The molecular formula is C18H17BrClN3O3. The Bertz CT molecular complexity index is 936. The molecule has 3 rings (SSSR count). The SMILES string of the molecule is Cn1cc(C(=O)N2CCCC2)cc(NC(=O)c2cc(Br)ccc2Cl)c1=O. The topological polar surface area (TPSA) is 71.4 Å². The van der Waals surface area contributed by atoms with Gasteiger partial charge in [0, 0.05) is 30.8 Å². The van der Waals surface area contributed by atoms with Crippen LogP contribution >= 0.6 is 27.5 Å². The minimum atomic E-state index is -0.515. The fourth-order valence-corrected chi connectivity index (χ4v) is 3.45. The van der Waals surface area contributed by atoms with E-state index in [1.165, 1.54) is 16.8 Å². The second kappa shape index (κ2) is 7.63. The van der Waals surface area contributed by atoms with Gasteiger partial charge < -0.3 is 14.8 Å². The van der Waals surface area contributed by atoms with Gasteiger partial charge in [0.1, 0.15) is 5.69 Å². The molecule has 0 unspecified atom stereocenters. The van der Waals surface area contributed by atoms with E-state index in [2.05, 4.69) is 21.2 Å². The molecule has 6 nitrogen and oxygen atoms in total. The Kier molecular flexibility index (Phi) is 5.48. The van der Waals surface area contributed by atoms with Crippen molar-refractivity contribution in [2.24, 2.45) is 7.05 Å². The van der Waals surface area contributed by atoms with E-state index in [-0.39, 0.29) is 22.2 Å². The van der Waals surface area contributed by atoms with Gasteiger partial charge in [-0.25, -0.2) is 0 Å². The summed E-state index contributed by atoms with van der Waals surface area (Å²) in [6.45, 7) is 1.41. The molecule has 0 saturated carbocycles. The number of hydrogen-bond acceptors (Lipinski definition) is 3. The van der Waals surface area contributed by atoms with Gasteiger partial charge in [-0.2, -0.15) is 0 Å². The van der Waals surface area contributed by atoms with Crippen LogP contribution in [0.1, 0.15) is 33.6 Å². The molecule has 26 heavy (non-hydrogen) atoms. The van der Waals surface area contributed by atoms with E-state index in [4.69, 9.17) is 11.6 Å². The number of rotatable bonds is 3. The lowest BCUT2D eigenvalue weighted by molar-refractivity contribution is 0.0791. The van der Waals surface area contributed by atoms with Crippen LogP contribution < -0.4 is 10.9 Å². The molecule has 136 valence electrons. The Balaban J connectivity index is 1.92. The average Bonchev–Trinajstić information content (AvgIpc) is 3.14. The second-order valence-corrected chi connectivity index (χ2v) is 7.46. The summed E-state index contributed by atoms with van der Waals surface area (Å²) >= 11 is 9.36. The lowest BCUT2D eigenvalue weighted by Gasteiger charge is -2.16. The highest BCUT2D eigenvalue weighted by Crippen LogP contribution is 2.22. The summed E-state index contributed by atoms with van der Waals surface area (Å²) in [5.74, 6) is -0.659. The van der Waals surface area contributed by atoms with Crippen LogP contribution in [-0.4, -0.2) is 34.4 Å². The molecule has 0 radical (unpaired) electrons. The number of likely N-dealkylation sites (tertiary alicyclic amines) is 1. The standard InChI is InChI=1S/C18H17BrClN3O3/c1-22-10-11(17(25)23-6-2-3-7-23)8-15(18(22)26)21-16(24)13-9-12(19)4-5-14(13)20/h4-5,8-10H,2-3,6-7H2,1H3,(H,21,24). The monoisotopic (exact) mass is 437 g/mol. The number of nitrogens with zero attached hydrogens (tertiary/aromatic N) is 2. The maximum Gasteiger partial charge on any atom is 0.274 e. The van der Waals surface area contributed by atoms with Gasteiger partial charge in [0.05, 0.1) is 16.1 Å². The zero-order valence-corrected chi connectivity index (χ0v) is 16.4. The van der Waals surface area contributed by atoms with E-state index in [0.717, 1.165) is 12.8 Å². The number of nitrogens with one attached hydrogen (secondary N) is 1. The van der Waals surface area contributed by atoms with Crippen LogP contribution in [0.15, 0.2) is 39.7 Å². The number of aryl methyl sites for hydroxylation is 1. The van der Waals surface area contributed by atoms with Crippen LogP contribution in [0, 0.1) is 0 Å². The zero-order chi connectivity index (χ0) is 18.8. The summed E-state index contributed by atoms with van der Waals surface area (Å²) in [4.78, 5) is 39.2. The largest absolute Gasteiger partial charge is 0.339 e. The lowest BCUT2D eigenvalue weighted by atomic mass is 10.2. The van der Waals surface area contributed by atoms with Crippen molar-refractivity contribution in [1.82, 2.24) is 9.47 Å². The van der Waals surface area contributed by atoms with Gasteiger partial charge in [0.25, 0.3) is 17.4 Å². The van der Waals surface area contributed by atoms with Crippen molar-refractivity contribution in [2.75, 3.05) is 18.4 Å². The Morgan fingerprint density at radius 1 is 1.19 bits per heavy atom. The Morgan fingerprint density at radius 3 is 2.58 bits per heavy atom. The number of benzene rings is 1. The number of pyridine rings is 1. The molecule has 1 aromatic carbocycles.